The predicted octanol–water partition coefficient (Wildman–Crippen LogP) is 2.04. The maximum absolute atomic E-state index is 4.75. The van der Waals surface area contributed by atoms with E-state index in [1.165, 1.54) is 0 Å². The third kappa shape index (κ3) is 2.28. The molecule has 1 nitrogen and oxygen atoms in total. The number of furan rings is 1. The number of rotatable bonds is 0. The summed E-state index contributed by atoms with van der Waals surface area (Å²) in [6.07, 6.45) is 1.62. The first-order valence-corrected chi connectivity index (χ1v) is 2.38. The summed E-state index contributed by atoms with van der Waals surface area (Å²) in [6, 6.07) is 3.66. The van der Waals surface area contributed by atoms with E-state index in [0.29, 0.717) is 0 Å². The zero-order valence-electron chi connectivity index (χ0n) is 3.33. The Morgan fingerprint density at radius 3 is 2.43 bits per heavy atom. The van der Waals surface area contributed by atoms with Crippen molar-refractivity contribution in [2.45, 2.75) is 0 Å². The Kier molecular flexibility index (Phi) is 3.63. The Bertz CT molecular complexity index is 115. The second-order valence-electron chi connectivity index (χ2n) is 0.917. The summed E-state index contributed by atoms with van der Waals surface area (Å²) in [4.78, 5) is 0. The van der Waals surface area contributed by atoms with Crippen LogP contribution in [-0.2, 0) is 20.4 Å². The average molecular weight is 253 g/mol. The number of hydrogen-bond acceptors (Lipinski definition) is 1. The first-order valence-electron chi connectivity index (χ1n) is 1.58. The van der Waals surface area contributed by atoms with Crippen molar-refractivity contribution in [3.63, 3.8) is 0 Å². The molecular weight excluding hydrogens is 250 g/mol. The summed E-state index contributed by atoms with van der Waals surface area (Å²) in [7, 11) is 0. The molecule has 0 fully saturated rings. The van der Waals surface area contributed by atoms with Crippen molar-refractivity contribution in [3.05, 3.63) is 23.1 Å². The van der Waals surface area contributed by atoms with E-state index in [9.17, 15) is 0 Å². The minimum absolute atomic E-state index is 0. The van der Waals surface area contributed by atoms with Crippen LogP contribution in [0, 0.1) is 0 Å². The van der Waals surface area contributed by atoms with Gasteiger partial charge in [-0.15, -0.1) is 0 Å². The van der Waals surface area contributed by atoms with Crippen LogP contribution >= 0.6 is 15.9 Å². The normalized spacial score (nSPS) is 7.57. The van der Waals surface area contributed by atoms with Crippen molar-refractivity contribution >= 4 is 15.9 Å². The van der Waals surface area contributed by atoms with Crippen LogP contribution in [0.1, 0.15) is 0 Å². The maximum atomic E-state index is 4.75. The molecule has 0 unspecified atom stereocenters. The van der Waals surface area contributed by atoms with E-state index in [1.54, 1.807) is 6.26 Å². The summed E-state index contributed by atoms with van der Waals surface area (Å²) < 4.78 is 5.53. The van der Waals surface area contributed by atoms with Gasteiger partial charge in [-0.3, -0.25) is 0 Å². The second-order valence-corrected chi connectivity index (χ2v) is 1.70. The van der Waals surface area contributed by atoms with Crippen LogP contribution in [0.25, 0.3) is 0 Å². The summed E-state index contributed by atoms with van der Waals surface area (Å²) in [5.41, 5.74) is 0. The quantitative estimate of drug-likeness (QED) is 0.645. The molecule has 0 spiro atoms. The van der Waals surface area contributed by atoms with Gasteiger partial charge in [0.1, 0.15) is 0 Å². The van der Waals surface area contributed by atoms with E-state index in [4.69, 9.17) is 4.42 Å². The minimum atomic E-state index is 0. The molecule has 0 aliphatic rings. The van der Waals surface area contributed by atoms with E-state index >= 15 is 0 Å². The molecule has 0 aliphatic carbocycles. The van der Waals surface area contributed by atoms with Crippen LogP contribution in [-0.4, -0.2) is 0 Å². The SMILES string of the molecule is Brc1ccco1.[Pd]. The van der Waals surface area contributed by atoms with Crippen LogP contribution in [0.2, 0.25) is 0 Å². The van der Waals surface area contributed by atoms with Gasteiger partial charge in [0.05, 0.1) is 6.26 Å². The molecule has 1 aromatic rings. The number of halogens is 1. The Balaban J connectivity index is 0.000000360. The van der Waals surface area contributed by atoms with Crippen molar-refractivity contribution in [2.75, 3.05) is 0 Å². The van der Waals surface area contributed by atoms with E-state index in [-0.39, 0.29) is 20.4 Å². The molecule has 3 heteroatoms. The van der Waals surface area contributed by atoms with E-state index < -0.39 is 0 Å². The summed E-state index contributed by atoms with van der Waals surface area (Å²) >= 11 is 3.11. The topological polar surface area (TPSA) is 13.1 Å². The van der Waals surface area contributed by atoms with Crippen LogP contribution in [0.15, 0.2) is 27.5 Å². The molecule has 1 rings (SSSR count). The van der Waals surface area contributed by atoms with Gasteiger partial charge >= 0.3 is 0 Å². The smallest absolute Gasteiger partial charge is 0.168 e. The fraction of sp³-hybridized carbons (Fsp3) is 0. The van der Waals surface area contributed by atoms with E-state index in [0.717, 1.165) is 4.67 Å². The van der Waals surface area contributed by atoms with Crippen molar-refractivity contribution in [1.82, 2.24) is 0 Å². The molecule has 0 aliphatic heterocycles. The molecule has 1 heterocycles. The number of hydrogen-bond donors (Lipinski definition) is 0. The molecular formula is C4H3BrOPd. The fourth-order valence-electron chi connectivity index (χ4n) is 0.259. The zero-order chi connectivity index (χ0) is 4.41. The van der Waals surface area contributed by atoms with Crippen molar-refractivity contribution < 1.29 is 24.8 Å². The summed E-state index contributed by atoms with van der Waals surface area (Å²) in [5.74, 6) is 0. The molecule has 0 aromatic carbocycles. The van der Waals surface area contributed by atoms with Gasteiger partial charge in [-0.25, -0.2) is 0 Å². The minimum Gasteiger partial charge on any atom is -0.458 e. The molecule has 0 atom stereocenters. The molecule has 0 radical (unpaired) electrons. The van der Waals surface area contributed by atoms with Gasteiger partial charge in [-0.1, -0.05) is 0 Å². The van der Waals surface area contributed by atoms with Crippen LogP contribution in [0.3, 0.4) is 0 Å². The molecule has 0 bridgehead atoms. The molecule has 42 valence electrons. The van der Waals surface area contributed by atoms with Crippen LogP contribution in [0.4, 0.5) is 0 Å². The Morgan fingerprint density at radius 2 is 2.29 bits per heavy atom. The van der Waals surface area contributed by atoms with Gasteiger partial charge in [0.25, 0.3) is 0 Å². The first kappa shape index (κ1) is 7.42. The van der Waals surface area contributed by atoms with Gasteiger partial charge in [0.2, 0.25) is 0 Å². The molecule has 7 heavy (non-hydrogen) atoms. The monoisotopic (exact) mass is 252 g/mol. The molecule has 0 amide bonds. The first-order chi connectivity index (χ1) is 2.89. The third-order valence-corrected chi connectivity index (χ3v) is 0.938. The zero-order valence-corrected chi connectivity index (χ0v) is 6.48. The summed E-state index contributed by atoms with van der Waals surface area (Å²) in [6.45, 7) is 0. The van der Waals surface area contributed by atoms with Crippen LogP contribution in [0.5, 0.6) is 0 Å². The summed E-state index contributed by atoms with van der Waals surface area (Å²) in [5, 5.41) is 0. The average Bonchev–Trinajstić information content (AvgIpc) is 1.86. The molecule has 0 N–H and O–H groups in total. The Labute approximate surface area is 63.9 Å². The van der Waals surface area contributed by atoms with Crippen molar-refractivity contribution in [3.8, 4) is 0 Å². The van der Waals surface area contributed by atoms with Gasteiger partial charge < -0.3 is 4.42 Å². The molecule has 1 aromatic heterocycles. The Morgan fingerprint density at radius 1 is 1.57 bits per heavy atom. The van der Waals surface area contributed by atoms with Gasteiger partial charge in [0, 0.05) is 20.4 Å². The third-order valence-electron chi connectivity index (χ3n) is 0.486. The fourth-order valence-corrected chi connectivity index (χ4v) is 0.519. The van der Waals surface area contributed by atoms with Gasteiger partial charge in [-0.05, 0) is 28.1 Å². The van der Waals surface area contributed by atoms with Crippen LogP contribution < -0.4 is 0 Å². The standard InChI is InChI=1S/C4H3BrO.Pd/c5-4-2-1-3-6-4;/h1-3H;. The Hall–Kier alpha value is 0.422. The van der Waals surface area contributed by atoms with E-state index in [2.05, 4.69) is 15.9 Å². The second kappa shape index (κ2) is 3.43. The molecule has 0 saturated carbocycles. The van der Waals surface area contributed by atoms with Gasteiger partial charge in [-0.2, -0.15) is 0 Å². The van der Waals surface area contributed by atoms with Gasteiger partial charge in [0.15, 0.2) is 4.67 Å². The predicted molar refractivity (Wildman–Crippen MR) is 26.4 cm³/mol. The largest absolute Gasteiger partial charge is 0.458 e. The van der Waals surface area contributed by atoms with E-state index in [1.807, 2.05) is 12.1 Å². The maximum Gasteiger partial charge on any atom is 0.168 e. The van der Waals surface area contributed by atoms with Crippen molar-refractivity contribution in [2.24, 2.45) is 0 Å². The van der Waals surface area contributed by atoms with Crippen molar-refractivity contribution in [1.29, 1.82) is 0 Å². The molecule has 0 saturated heterocycles.